The second-order valence-electron chi connectivity index (χ2n) is 7.47. The molecule has 6 heteroatoms. The fourth-order valence-electron chi connectivity index (χ4n) is 4.06. The van der Waals surface area contributed by atoms with E-state index in [1.54, 1.807) is 37.3 Å². The van der Waals surface area contributed by atoms with Gasteiger partial charge in [-0.3, -0.25) is 9.10 Å². The van der Waals surface area contributed by atoms with Gasteiger partial charge in [0.05, 0.1) is 29.7 Å². The molecule has 2 atom stereocenters. The molecule has 0 aliphatic carbocycles. The summed E-state index contributed by atoms with van der Waals surface area (Å²) in [5, 5.41) is 0. The van der Waals surface area contributed by atoms with Gasteiger partial charge in [-0.05, 0) is 43.2 Å². The molecule has 1 heterocycles. The van der Waals surface area contributed by atoms with Crippen LogP contribution in [-0.2, 0) is 19.6 Å². The molecule has 0 radical (unpaired) electrons. The molecule has 30 heavy (non-hydrogen) atoms. The Kier molecular flexibility index (Phi) is 5.12. The highest BCUT2D eigenvalue weighted by Gasteiger charge is 2.43. The summed E-state index contributed by atoms with van der Waals surface area (Å²) in [6.45, 7) is 3.61. The van der Waals surface area contributed by atoms with E-state index in [1.165, 1.54) is 11.4 Å². The largest absolute Gasteiger partial charge is 0.469 e. The maximum atomic E-state index is 13.9. The van der Waals surface area contributed by atoms with Gasteiger partial charge in [-0.1, -0.05) is 60.2 Å². The summed E-state index contributed by atoms with van der Waals surface area (Å²) in [5.74, 6) is -1.16. The number of fused-ring (bicyclic) bond motifs is 3. The van der Waals surface area contributed by atoms with Crippen LogP contribution in [0.3, 0.4) is 0 Å². The van der Waals surface area contributed by atoms with Crippen LogP contribution < -0.4 is 4.31 Å². The zero-order chi connectivity index (χ0) is 21.5. The SMILES string of the molecule is COC(=O)C(C)C1c2ccccc2-c2ccccc2N1S(=O)(=O)c1ccc(C)cc1. The molecule has 3 aromatic rings. The Morgan fingerprint density at radius 2 is 1.53 bits per heavy atom. The average Bonchev–Trinajstić information content (AvgIpc) is 2.77. The fraction of sp³-hybridized carbons (Fsp3) is 0.208. The Bertz CT molecular complexity index is 1200. The van der Waals surface area contributed by atoms with Gasteiger partial charge >= 0.3 is 5.97 Å². The van der Waals surface area contributed by atoms with Crippen molar-refractivity contribution in [2.75, 3.05) is 11.4 Å². The molecule has 0 saturated carbocycles. The number of rotatable bonds is 4. The Hall–Kier alpha value is -3.12. The summed E-state index contributed by atoms with van der Waals surface area (Å²) in [5.41, 5.74) is 4.04. The van der Waals surface area contributed by atoms with E-state index in [-0.39, 0.29) is 4.90 Å². The van der Waals surface area contributed by atoms with Crippen molar-refractivity contribution in [3.8, 4) is 11.1 Å². The van der Waals surface area contributed by atoms with E-state index in [2.05, 4.69) is 0 Å². The summed E-state index contributed by atoms with van der Waals surface area (Å²) < 4.78 is 34.1. The maximum Gasteiger partial charge on any atom is 0.310 e. The molecule has 0 saturated heterocycles. The van der Waals surface area contributed by atoms with Crippen LogP contribution >= 0.6 is 0 Å². The molecule has 154 valence electrons. The van der Waals surface area contributed by atoms with E-state index in [1.807, 2.05) is 49.4 Å². The quantitative estimate of drug-likeness (QED) is 0.572. The fourth-order valence-corrected chi connectivity index (χ4v) is 5.78. The highest BCUT2D eigenvalue weighted by atomic mass is 32.2. The zero-order valence-corrected chi connectivity index (χ0v) is 17.9. The van der Waals surface area contributed by atoms with Crippen LogP contribution in [-0.4, -0.2) is 21.5 Å². The van der Waals surface area contributed by atoms with Gasteiger partial charge in [0.2, 0.25) is 0 Å². The third-order valence-electron chi connectivity index (χ3n) is 5.59. The number of methoxy groups -OCH3 is 1. The lowest BCUT2D eigenvalue weighted by Gasteiger charge is -2.41. The summed E-state index contributed by atoms with van der Waals surface area (Å²) >= 11 is 0. The number of hydrogen-bond acceptors (Lipinski definition) is 4. The van der Waals surface area contributed by atoms with Crippen molar-refractivity contribution in [1.82, 2.24) is 0 Å². The normalized spacial score (nSPS) is 16.4. The second-order valence-corrected chi connectivity index (χ2v) is 9.29. The molecule has 0 N–H and O–H groups in total. The Morgan fingerprint density at radius 3 is 2.20 bits per heavy atom. The predicted octanol–water partition coefficient (Wildman–Crippen LogP) is 4.72. The van der Waals surface area contributed by atoms with E-state index in [0.717, 1.165) is 22.3 Å². The Labute approximate surface area is 177 Å². The first-order valence-corrected chi connectivity index (χ1v) is 11.2. The Morgan fingerprint density at radius 1 is 0.933 bits per heavy atom. The molecule has 2 unspecified atom stereocenters. The molecule has 0 bridgehead atoms. The highest BCUT2D eigenvalue weighted by molar-refractivity contribution is 7.92. The van der Waals surface area contributed by atoms with Crippen molar-refractivity contribution in [3.63, 3.8) is 0 Å². The van der Waals surface area contributed by atoms with Crippen LogP contribution in [0.2, 0.25) is 0 Å². The smallest absolute Gasteiger partial charge is 0.310 e. The zero-order valence-electron chi connectivity index (χ0n) is 17.1. The molecule has 1 aliphatic rings. The molecule has 0 spiro atoms. The second kappa shape index (κ2) is 7.61. The van der Waals surface area contributed by atoms with Gasteiger partial charge in [0.25, 0.3) is 10.0 Å². The van der Waals surface area contributed by atoms with Gasteiger partial charge in [-0.25, -0.2) is 8.42 Å². The number of carbonyl (C=O) groups is 1. The van der Waals surface area contributed by atoms with Crippen LogP contribution in [0.1, 0.15) is 24.1 Å². The first-order chi connectivity index (χ1) is 14.4. The molecular weight excluding hydrogens is 398 g/mol. The third-order valence-corrected chi connectivity index (χ3v) is 7.40. The number of nitrogens with zero attached hydrogens (tertiary/aromatic N) is 1. The van der Waals surface area contributed by atoms with Gasteiger partial charge in [-0.2, -0.15) is 0 Å². The van der Waals surface area contributed by atoms with E-state index in [4.69, 9.17) is 4.74 Å². The third kappa shape index (κ3) is 3.17. The number of benzene rings is 3. The van der Waals surface area contributed by atoms with Crippen molar-refractivity contribution in [3.05, 3.63) is 83.9 Å². The van der Waals surface area contributed by atoms with Crippen LogP contribution in [0, 0.1) is 12.8 Å². The standard InChI is InChI=1S/C24H23NO4S/c1-16-12-14-18(15-13-16)30(27,28)25-22-11-7-6-9-20(22)19-8-4-5-10-21(19)23(25)17(2)24(26)29-3/h4-15,17,23H,1-3H3. The van der Waals surface area contributed by atoms with Crippen molar-refractivity contribution in [2.45, 2.75) is 24.8 Å². The van der Waals surface area contributed by atoms with Gasteiger partial charge in [0.1, 0.15) is 0 Å². The van der Waals surface area contributed by atoms with Crippen molar-refractivity contribution in [2.24, 2.45) is 5.92 Å². The highest BCUT2D eigenvalue weighted by Crippen LogP contribution is 2.49. The number of aryl methyl sites for hydroxylation is 1. The summed E-state index contributed by atoms with van der Waals surface area (Å²) in [4.78, 5) is 12.7. The van der Waals surface area contributed by atoms with E-state index in [9.17, 15) is 13.2 Å². The van der Waals surface area contributed by atoms with E-state index in [0.29, 0.717) is 5.69 Å². The van der Waals surface area contributed by atoms with Crippen molar-refractivity contribution >= 4 is 21.7 Å². The number of esters is 1. The first kappa shape index (κ1) is 20.2. The van der Waals surface area contributed by atoms with Crippen LogP contribution in [0.5, 0.6) is 0 Å². The molecule has 0 fully saturated rings. The molecular formula is C24H23NO4S. The minimum absolute atomic E-state index is 0.185. The average molecular weight is 422 g/mol. The van der Waals surface area contributed by atoms with Crippen LogP contribution in [0.15, 0.2) is 77.7 Å². The number of ether oxygens (including phenoxy) is 1. The summed E-state index contributed by atoms with van der Waals surface area (Å²) in [6, 6.07) is 21.0. The molecule has 3 aromatic carbocycles. The number of hydrogen-bond donors (Lipinski definition) is 0. The van der Waals surface area contributed by atoms with Crippen molar-refractivity contribution in [1.29, 1.82) is 0 Å². The maximum absolute atomic E-state index is 13.9. The van der Waals surface area contributed by atoms with Gasteiger partial charge in [0.15, 0.2) is 0 Å². The summed E-state index contributed by atoms with van der Waals surface area (Å²) in [6.07, 6.45) is 0. The molecule has 1 aliphatic heterocycles. The lowest BCUT2D eigenvalue weighted by atomic mass is 9.84. The minimum Gasteiger partial charge on any atom is -0.469 e. The van der Waals surface area contributed by atoms with E-state index < -0.39 is 28.0 Å². The van der Waals surface area contributed by atoms with Gasteiger partial charge < -0.3 is 4.74 Å². The van der Waals surface area contributed by atoms with Crippen LogP contribution in [0.25, 0.3) is 11.1 Å². The lowest BCUT2D eigenvalue weighted by molar-refractivity contribution is -0.145. The lowest BCUT2D eigenvalue weighted by Crippen LogP contribution is -2.42. The van der Waals surface area contributed by atoms with Crippen LogP contribution in [0.4, 0.5) is 5.69 Å². The summed E-state index contributed by atoms with van der Waals surface area (Å²) in [7, 11) is -2.63. The Balaban J connectivity index is 2.00. The topological polar surface area (TPSA) is 63.7 Å². The minimum atomic E-state index is -3.95. The van der Waals surface area contributed by atoms with E-state index >= 15 is 0 Å². The number of anilines is 1. The molecule has 0 amide bonds. The molecule has 5 nitrogen and oxygen atoms in total. The van der Waals surface area contributed by atoms with Gasteiger partial charge in [0, 0.05) is 5.56 Å². The van der Waals surface area contributed by atoms with Gasteiger partial charge in [-0.15, -0.1) is 0 Å². The number of para-hydroxylation sites is 1. The number of sulfonamides is 1. The molecule has 0 aromatic heterocycles. The number of carbonyl (C=O) groups excluding carboxylic acids is 1. The molecule has 4 rings (SSSR count). The monoisotopic (exact) mass is 421 g/mol. The first-order valence-electron chi connectivity index (χ1n) is 9.73. The predicted molar refractivity (Wildman–Crippen MR) is 117 cm³/mol. The van der Waals surface area contributed by atoms with Crippen molar-refractivity contribution < 1.29 is 17.9 Å².